The summed E-state index contributed by atoms with van der Waals surface area (Å²) in [5.74, 6) is 0. The van der Waals surface area contributed by atoms with Gasteiger partial charge in [0.05, 0.1) is 0 Å². The van der Waals surface area contributed by atoms with Crippen molar-refractivity contribution >= 4 is 48.3 Å². The first kappa shape index (κ1) is 12.9. The number of hydrogen-bond donors (Lipinski definition) is 1. The predicted molar refractivity (Wildman–Crippen MR) is 93.2 cm³/mol. The maximum absolute atomic E-state index is 6.36. The Bertz CT molecular complexity index is 868. The molecular weight excluding hydrogens is 262 g/mol. The zero-order valence-electron chi connectivity index (χ0n) is 11.8. The molecule has 0 radical (unpaired) electrons. The van der Waals surface area contributed by atoms with E-state index in [4.69, 9.17) is 5.73 Å². The monoisotopic (exact) mass is 279 g/mol. The summed E-state index contributed by atoms with van der Waals surface area (Å²) in [5.41, 5.74) is 11.2. The maximum atomic E-state index is 6.36. The number of hydrogen-bond acceptors (Lipinski definition) is 2. The van der Waals surface area contributed by atoms with Crippen LogP contribution in [0.1, 0.15) is 25.0 Å². The van der Waals surface area contributed by atoms with Gasteiger partial charge in [-0.25, -0.2) is 0 Å². The van der Waals surface area contributed by atoms with Gasteiger partial charge in [-0.15, -0.1) is 11.3 Å². The van der Waals surface area contributed by atoms with E-state index < -0.39 is 0 Å². The molecule has 1 heterocycles. The third-order valence-electron chi connectivity index (χ3n) is 3.60. The number of allylic oxidation sites excluding steroid dienone is 2. The second kappa shape index (κ2) is 4.50. The molecule has 0 spiro atoms. The Morgan fingerprint density at radius 2 is 1.75 bits per heavy atom. The third kappa shape index (κ3) is 1.76. The molecule has 3 rings (SSSR count). The summed E-state index contributed by atoms with van der Waals surface area (Å²) in [7, 11) is 0. The van der Waals surface area contributed by atoms with Crippen molar-refractivity contribution in [1.82, 2.24) is 0 Å². The molecule has 0 saturated heterocycles. The van der Waals surface area contributed by atoms with Gasteiger partial charge in [0.15, 0.2) is 0 Å². The summed E-state index contributed by atoms with van der Waals surface area (Å²) in [6, 6.07) is 10.6. The van der Waals surface area contributed by atoms with E-state index in [2.05, 4.69) is 43.5 Å². The number of benzene rings is 2. The van der Waals surface area contributed by atoms with Crippen LogP contribution in [0.4, 0.5) is 5.69 Å². The zero-order chi connectivity index (χ0) is 14.4. The Kier molecular flexibility index (Phi) is 2.91. The highest BCUT2D eigenvalue weighted by atomic mass is 32.1. The maximum Gasteiger partial charge on any atom is 0.0480 e. The number of fused-ring (bicyclic) bond motifs is 3. The second-order valence-electron chi connectivity index (χ2n) is 5.25. The molecular formula is C18H17NS. The van der Waals surface area contributed by atoms with Crippen LogP contribution in [0.15, 0.2) is 43.5 Å². The highest BCUT2D eigenvalue weighted by molar-refractivity contribution is 7.26. The SMILES string of the molecule is C=C(C)c1cc2c(sc3ccccc32)c(C(=C)C)c1N. The van der Waals surface area contributed by atoms with Crippen molar-refractivity contribution in [3.8, 4) is 0 Å². The molecule has 0 saturated carbocycles. The smallest absolute Gasteiger partial charge is 0.0480 e. The van der Waals surface area contributed by atoms with Crippen LogP contribution in [0.5, 0.6) is 0 Å². The fraction of sp³-hybridized carbons (Fsp3) is 0.111. The second-order valence-corrected chi connectivity index (χ2v) is 6.30. The molecule has 100 valence electrons. The van der Waals surface area contributed by atoms with Crippen LogP contribution < -0.4 is 5.73 Å². The number of anilines is 1. The van der Waals surface area contributed by atoms with Crippen LogP contribution in [-0.2, 0) is 0 Å². The highest BCUT2D eigenvalue weighted by Gasteiger charge is 2.16. The average molecular weight is 279 g/mol. The molecule has 1 nitrogen and oxygen atoms in total. The molecule has 1 aromatic heterocycles. The molecule has 0 aliphatic rings. The first-order chi connectivity index (χ1) is 9.50. The van der Waals surface area contributed by atoms with Crippen molar-refractivity contribution in [2.45, 2.75) is 13.8 Å². The Hall–Kier alpha value is -2.06. The van der Waals surface area contributed by atoms with Crippen molar-refractivity contribution < 1.29 is 0 Å². The number of nitrogen functional groups attached to an aromatic ring is 1. The first-order valence-electron chi connectivity index (χ1n) is 6.56. The largest absolute Gasteiger partial charge is 0.398 e. The van der Waals surface area contributed by atoms with Gasteiger partial charge in [-0.05, 0) is 37.1 Å². The minimum Gasteiger partial charge on any atom is -0.398 e. The molecule has 0 aliphatic carbocycles. The lowest BCUT2D eigenvalue weighted by atomic mass is 9.95. The molecule has 20 heavy (non-hydrogen) atoms. The van der Waals surface area contributed by atoms with Crippen molar-refractivity contribution in [1.29, 1.82) is 0 Å². The van der Waals surface area contributed by atoms with E-state index in [-0.39, 0.29) is 0 Å². The van der Waals surface area contributed by atoms with E-state index in [1.807, 2.05) is 13.8 Å². The van der Waals surface area contributed by atoms with Crippen molar-refractivity contribution in [2.24, 2.45) is 0 Å². The molecule has 0 bridgehead atoms. The number of thiophene rings is 1. The van der Waals surface area contributed by atoms with Crippen molar-refractivity contribution in [3.63, 3.8) is 0 Å². The van der Waals surface area contributed by atoms with Gasteiger partial charge < -0.3 is 5.73 Å². The molecule has 0 amide bonds. The minimum absolute atomic E-state index is 0.795. The van der Waals surface area contributed by atoms with Gasteiger partial charge in [0.1, 0.15) is 0 Å². The molecule has 3 aromatic rings. The number of nitrogens with two attached hydrogens (primary N) is 1. The van der Waals surface area contributed by atoms with Gasteiger partial charge >= 0.3 is 0 Å². The lowest BCUT2D eigenvalue weighted by Crippen LogP contribution is -1.97. The average Bonchev–Trinajstić information content (AvgIpc) is 2.74. The lowest BCUT2D eigenvalue weighted by Gasteiger charge is -2.13. The Balaban J connectivity index is 2.58. The van der Waals surface area contributed by atoms with Gasteiger partial charge in [0, 0.05) is 37.0 Å². The topological polar surface area (TPSA) is 26.0 Å². The van der Waals surface area contributed by atoms with Crippen LogP contribution in [0, 0.1) is 0 Å². The summed E-state index contributed by atoms with van der Waals surface area (Å²) in [4.78, 5) is 0. The number of rotatable bonds is 2. The van der Waals surface area contributed by atoms with Crippen molar-refractivity contribution in [2.75, 3.05) is 5.73 Å². The first-order valence-corrected chi connectivity index (χ1v) is 7.38. The normalized spacial score (nSPS) is 11.1. The van der Waals surface area contributed by atoms with E-state index in [9.17, 15) is 0 Å². The summed E-state index contributed by atoms with van der Waals surface area (Å²) < 4.78 is 2.50. The van der Waals surface area contributed by atoms with Gasteiger partial charge in [0.25, 0.3) is 0 Å². The van der Waals surface area contributed by atoms with Crippen LogP contribution in [0.3, 0.4) is 0 Å². The van der Waals surface area contributed by atoms with E-state index >= 15 is 0 Å². The Morgan fingerprint density at radius 3 is 2.40 bits per heavy atom. The third-order valence-corrected chi connectivity index (χ3v) is 4.80. The fourth-order valence-electron chi connectivity index (χ4n) is 2.65. The molecule has 0 atom stereocenters. The van der Waals surface area contributed by atoms with E-state index in [0.29, 0.717) is 0 Å². The summed E-state index contributed by atoms with van der Waals surface area (Å²) in [6.07, 6.45) is 0. The van der Waals surface area contributed by atoms with Crippen molar-refractivity contribution in [3.05, 3.63) is 54.6 Å². The minimum atomic E-state index is 0.795. The van der Waals surface area contributed by atoms with Crippen LogP contribution >= 0.6 is 11.3 Å². The van der Waals surface area contributed by atoms with Crippen LogP contribution in [-0.4, -0.2) is 0 Å². The van der Waals surface area contributed by atoms with E-state index in [0.717, 1.165) is 28.0 Å². The Labute approximate surface area is 123 Å². The van der Waals surface area contributed by atoms with E-state index in [1.165, 1.54) is 20.2 Å². The molecule has 0 unspecified atom stereocenters. The zero-order valence-corrected chi connectivity index (χ0v) is 12.6. The highest BCUT2D eigenvalue weighted by Crippen LogP contribution is 2.43. The quantitative estimate of drug-likeness (QED) is 0.598. The van der Waals surface area contributed by atoms with Crippen LogP contribution in [0.25, 0.3) is 31.3 Å². The Morgan fingerprint density at radius 1 is 1.05 bits per heavy atom. The van der Waals surface area contributed by atoms with E-state index in [1.54, 1.807) is 11.3 Å². The summed E-state index contributed by atoms with van der Waals surface area (Å²) in [6.45, 7) is 12.2. The molecule has 0 aliphatic heterocycles. The van der Waals surface area contributed by atoms with Gasteiger partial charge in [-0.2, -0.15) is 0 Å². The van der Waals surface area contributed by atoms with Gasteiger partial charge in [-0.1, -0.05) is 31.4 Å². The fourth-order valence-corrected chi connectivity index (χ4v) is 3.97. The molecule has 2 aromatic carbocycles. The standard InChI is InChI=1S/C18H17NS/c1-10(2)13-9-14-12-7-5-6-8-15(12)20-18(14)16(11(3)4)17(13)19/h5-9H,1,3,19H2,2,4H3. The van der Waals surface area contributed by atoms with Gasteiger partial charge in [-0.3, -0.25) is 0 Å². The summed E-state index contributed by atoms with van der Waals surface area (Å²) in [5, 5.41) is 2.52. The molecule has 2 N–H and O–H groups in total. The molecule has 2 heteroatoms. The summed E-state index contributed by atoms with van der Waals surface area (Å²) >= 11 is 1.78. The molecule has 0 fully saturated rings. The predicted octanol–water partition coefficient (Wildman–Crippen LogP) is 5.70. The van der Waals surface area contributed by atoms with Crippen LogP contribution in [0.2, 0.25) is 0 Å². The van der Waals surface area contributed by atoms with Gasteiger partial charge in [0.2, 0.25) is 0 Å². The lowest BCUT2D eigenvalue weighted by molar-refractivity contribution is 1.58.